The van der Waals surface area contributed by atoms with Gasteiger partial charge in [-0.1, -0.05) is 31.0 Å². The second kappa shape index (κ2) is 9.38. The van der Waals surface area contributed by atoms with Crippen molar-refractivity contribution >= 4 is 11.8 Å². The zero-order chi connectivity index (χ0) is 22.0. The Kier molecular flexibility index (Phi) is 6.60. The molecule has 2 amide bonds. The number of hydrogen-bond donors (Lipinski definition) is 3. The molecule has 3 N–H and O–H groups in total. The van der Waals surface area contributed by atoms with E-state index < -0.39 is 24.2 Å². The maximum Gasteiger partial charge on any atom is 0.249 e. The van der Waals surface area contributed by atoms with Gasteiger partial charge in [0, 0.05) is 30.8 Å². The number of amides is 2. The summed E-state index contributed by atoms with van der Waals surface area (Å²) >= 11 is 0. The van der Waals surface area contributed by atoms with Gasteiger partial charge in [0.2, 0.25) is 11.8 Å². The second-order valence-electron chi connectivity index (χ2n) is 8.35. The van der Waals surface area contributed by atoms with Gasteiger partial charge in [0.05, 0.1) is 18.6 Å². The quantitative estimate of drug-likeness (QED) is 0.589. The van der Waals surface area contributed by atoms with Crippen molar-refractivity contribution in [3.63, 3.8) is 0 Å². The van der Waals surface area contributed by atoms with Gasteiger partial charge in [-0.05, 0) is 25.0 Å². The molecule has 168 valence electrons. The third kappa shape index (κ3) is 4.07. The minimum absolute atomic E-state index is 0.0133. The Morgan fingerprint density at radius 1 is 1.26 bits per heavy atom. The number of methoxy groups -OCH3 is 1. The fraction of sp³-hybridized carbons (Fsp3) is 0.565. The van der Waals surface area contributed by atoms with Gasteiger partial charge < -0.3 is 29.9 Å². The summed E-state index contributed by atoms with van der Waals surface area (Å²) in [5.74, 6) is -0.344. The minimum atomic E-state index is -0.992. The summed E-state index contributed by atoms with van der Waals surface area (Å²) in [6.07, 6.45) is 3.80. The molecule has 1 aromatic carbocycles. The first-order chi connectivity index (χ1) is 15.1. The molecule has 2 aliphatic carbocycles. The number of benzene rings is 1. The molecular weight excluding hydrogens is 400 g/mol. The van der Waals surface area contributed by atoms with Crippen LogP contribution >= 0.6 is 0 Å². The number of para-hydroxylation sites is 1. The molecule has 1 saturated carbocycles. The van der Waals surface area contributed by atoms with E-state index in [1.54, 1.807) is 11.0 Å². The van der Waals surface area contributed by atoms with E-state index in [1.807, 2.05) is 24.3 Å². The van der Waals surface area contributed by atoms with E-state index in [1.165, 1.54) is 7.11 Å². The number of fused-ring (bicyclic) bond motifs is 3. The summed E-state index contributed by atoms with van der Waals surface area (Å²) < 4.78 is 11.2. The molecule has 0 bridgehead atoms. The van der Waals surface area contributed by atoms with E-state index in [4.69, 9.17) is 14.6 Å². The van der Waals surface area contributed by atoms with Crippen LogP contribution in [0.1, 0.15) is 37.2 Å². The third-order valence-corrected chi connectivity index (χ3v) is 6.47. The van der Waals surface area contributed by atoms with E-state index in [0.717, 1.165) is 31.2 Å². The van der Waals surface area contributed by atoms with Gasteiger partial charge in [-0.15, -0.1) is 0 Å². The summed E-state index contributed by atoms with van der Waals surface area (Å²) in [6.45, 7) is -0.139. The Bertz CT molecular complexity index is 850. The fourth-order valence-electron chi connectivity index (χ4n) is 5.16. The van der Waals surface area contributed by atoms with Gasteiger partial charge in [-0.3, -0.25) is 9.59 Å². The molecule has 8 heteroatoms. The molecule has 1 aliphatic heterocycles. The molecule has 4 rings (SSSR count). The Morgan fingerprint density at radius 2 is 2.00 bits per heavy atom. The predicted molar refractivity (Wildman–Crippen MR) is 113 cm³/mol. The second-order valence-corrected chi connectivity index (χ2v) is 8.35. The number of carbonyl (C=O) groups is 2. The zero-order valence-electron chi connectivity index (χ0n) is 17.7. The lowest BCUT2D eigenvalue weighted by Gasteiger charge is -2.43. The van der Waals surface area contributed by atoms with Crippen LogP contribution < -0.4 is 10.1 Å². The Balaban J connectivity index is 1.75. The number of carbonyl (C=O) groups excluding carboxylic acids is 2. The van der Waals surface area contributed by atoms with Crippen molar-refractivity contribution < 1.29 is 29.3 Å². The lowest BCUT2D eigenvalue weighted by atomic mass is 9.77. The van der Waals surface area contributed by atoms with E-state index in [9.17, 15) is 14.7 Å². The van der Waals surface area contributed by atoms with E-state index in [-0.39, 0.29) is 37.6 Å². The maximum atomic E-state index is 13.0. The normalized spacial score (nSPS) is 27.1. The Hall–Kier alpha value is -2.42. The highest BCUT2D eigenvalue weighted by atomic mass is 16.5. The number of hydrogen-bond acceptors (Lipinski definition) is 6. The molecule has 1 aromatic rings. The first-order valence-corrected chi connectivity index (χ1v) is 10.9. The fourth-order valence-corrected chi connectivity index (χ4v) is 5.16. The third-order valence-electron chi connectivity index (χ3n) is 6.47. The van der Waals surface area contributed by atoms with Crippen LogP contribution in [0.15, 0.2) is 35.9 Å². The van der Waals surface area contributed by atoms with Crippen LogP contribution in [0.4, 0.5) is 0 Å². The van der Waals surface area contributed by atoms with Gasteiger partial charge in [0.1, 0.15) is 24.6 Å². The van der Waals surface area contributed by atoms with Crippen LogP contribution in [0.2, 0.25) is 0 Å². The number of nitrogens with one attached hydrogen (secondary N) is 1. The van der Waals surface area contributed by atoms with Crippen LogP contribution in [0.5, 0.6) is 5.75 Å². The van der Waals surface area contributed by atoms with Crippen molar-refractivity contribution in [2.75, 3.05) is 26.9 Å². The lowest BCUT2D eigenvalue weighted by molar-refractivity contribution is -0.144. The first-order valence-electron chi connectivity index (χ1n) is 10.9. The van der Waals surface area contributed by atoms with Crippen LogP contribution in [-0.4, -0.2) is 78.1 Å². The maximum absolute atomic E-state index is 13.0. The van der Waals surface area contributed by atoms with Crippen LogP contribution in [0, 0.1) is 0 Å². The molecule has 8 nitrogen and oxygen atoms in total. The highest BCUT2D eigenvalue weighted by molar-refractivity contribution is 5.96. The predicted octanol–water partition coefficient (Wildman–Crippen LogP) is 0.727. The van der Waals surface area contributed by atoms with Gasteiger partial charge in [0.25, 0.3) is 0 Å². The Labute approximate surface area is 181 Å². The van der Waals surface area contributed by atoms with Crippen molar-refractivity contribution in [1.82, 2.24) is 10.2 Å². The van der Waals surface area contributed by atoms with Crippen LogP contribution in [-0.2, 0) is 14.3 Å². The number of aliphatic hydroxyl groups excluding tert-OH is 2. The van der Waals surface area contributed by atoms with Gasteiger partial charge in [-0.2, -0.15) is 0 Å². The number of aliphatic hydroxyl groups is 2. The molecule has 0 aromatic heterocycles. The number of nitrogens with zero attached hydrogens (tertiary/aromatic N) is 1. The van der Waals surface area contributed by atoms with Crippen molar-refractivity contribution in [2.45, 2.75) is 55.9 Å². The van der Waals surface area contributed by atoms with Gasteiger partial charge in [-0.25, -0.2) is 0 Å². The largest absolute Gasteiger partial charge is 0.486 e. The smallest absolute Gasteiger partial charge is 0.249 e. The molecule has 0 radical (unpaired) electrons. The monoisotopic (exact) mass is 430 g/mol. The number of rotatable bonds is 7. The van der Waals surface area contributed by atoms with Crippen molar-refractivity contribution in [3.8, 4) is 5.75 Å². The summed E-state index contributed by atoms with van der Waals surface area (Å²) in [4.78, 5) is 27.8. The van der Waals surface area contributed by atoms with Crippen molar-refractivity contribution in [3.05, 3.63) is 41.5 Å². The van der Waals surface area contributed by atoms with Crippen molar-refractivity contribution in [2.24, 2.45) is 0 Å². The molecule has 3 aliphatic rings. The molecule has 1 fully saturated rings. The van der Waals surface area contributed by atoms with E-state index >= 15 is 0 Å². The molecule has 4 atom stereocenters. The minimum Gasteiger partial charge on any atom is -0.486 e. The SMILES string of the molecule is COCC(=O)N(C1CCCC1)[C@@H]1C=C(C(=O)NCCO)[C@@H]2c3ccccc3O[C@@H]2[C@H]1O. The standard InChI is InChI=1S/C23H30N2O6/c1-30-13-19(27)25(14-6-2-3-7-14)17-12-16(23(29)24-10-11-26)20-15-8-4-5-9-18(15)31-22(20)21(17)28/h4-5,8-9,12,14,17,20-22,26,28H,2-3,6-7,10-11,13H2,1H3,(H,24,29)/t17-,20+,21+,22+/m1/s1. The highest BCUT2D eigenvalue weighted by Gasteiger charge is 2.51. The summed E-state index contributed by atoms with van der Waals surface area (Å²) in [5, 5.41) is 23.2. The molecule has 1 heterocycles. The van der Waals surface area contributed by atoms with Crippen LogP contribution in [0.3, 0.4) is 0 Å². The zero-order valence-corrected chi connectivity index (χ0v) is 17.7. The number of ether oxygens (including phenoxy) is 2. The van der Waals surface area contributed by atoms with Crippen molar-refractivity contribution in [1.29, 1.82) is 0 Å². The molecule has 31 heavy (non-hydrogen) atoms. The van der Waals surface area contributed by atoms with Gasteiger partial charge >= 0.3 is 0 Å². The van der Waals surface area contributed by atoms with Crippen LogP contribution in [0.25, 0.3) is 0 Å². The van der Waals surface area contributed by atoms with E-state index in [2.05, 4.69) is 5.32 Å². The molecule has 0 spiro atoms. The first kappa shape index (κ1) is 21.8. The summed E-state index contributed by atoms with van der Waals surface area (Å²) in [6, 6.07) is 6.73. The van der Waals surface area contributed by atoms with Gasteiger partial charge in [0.15, 0.2) is 0 Å². The molecular formula is C23H30N2O6. The molecule has 0 saturated heterocycles. The summed E-state index contributed by atoms with van der Waals surface area (Å²) in [5.41, 5.74) is 1.29. The highest BCUT2D eigenvalue weighted by Crippen LogP contribution is 2.47. The lowest BCUT2D eigenvalue weighted by Crippen LogP contribution is -2.58. The van der Waals surface area contributed by atoms with E-state index in [0.29, 0.717) is 11.3 Å². The molecule has 0 unspecified atom stereocenters. The summed E-state index contributed by atoms with van der Waals surface area (Å²) in [7, 11) is 1.47. The Morgan fingerprint density at radius 3 is 2.71 bits per heavy atom. The average Bonchev–Trinajstić information content (AvgIpc) is 3.42. The topological polar surface area (TPSA) is 108 Å². The average molecular weight is 431 g/mol.